The molecule has 0 aliphatic heterocycles. The Bertz CT molecular complexity index is 752. The Kier molecular flexibility index (Phi) is 4.65. The van der Waals surface area contributed by atoms with Crippen LogP contribution >= 0.6 is 11.6 Å². The molecule has 2 aromatic rings. The Balaban J connectivity index is 2.36. The molecule has 0 aliphatic carbocycles. The summed E-state index contributed by atoms with van der Waals surface area (Å²) in [5.74, 6) is -1.53. The maximum Gasteiger partial charge on any atom is 0.573 e. The topological polar surface area (TPSA) is 46.5 Å². The second-order valence-electron chi connectivity index (χ2n) is 4.55. The van der Waals surface area contributed by atoms with Crippen molar-refractivity contribution in [2.75, 3.05) is 0 Å². The number of halogens is 4. The molecule has 0 unspecified atom stereocenters. The summed E-state index contributed by atoms with van der Waals surface area (Å²) in [6.45, 7) is 3.46. The minimum atomic E-state index is -4.77. The van der Waals surface area contributed by atoms with Gasteiger partial charge in [-0.25, -0.2) is 4.79 Å². The van der Waals surface area contributed by atoms with Crippen LogP contribution < -0.4 is 4.74 Å². The molecule has 2 aromatic carbocycles. The first-order valence-corrected chi connectivity index (χ1v) is 6.63. The standard InChI is InChI=1S/C16H10ClF3O3/c1-9(15(21)22)11-4-7-14(17)13(8-11)10-2-5-12(6-3-10)23-16(18,19)20/h2-8H,1H2,(H,21,22). The molecular weight excluding hydrogens is 333 g/mol. The number of alkyl halides is 3. The van der Waals surface area contributed by atoms with Crippen LogP contribution in [0.2, 0.25) is 5.02 Å². The van der Waals surface area contributed by atoms with E-state index in [1.165, 1.54) is 30.3 Å². The number of hydrogen-bond acceptors (Lipinski definition) is 2. The molecule has 23 heavy (non-hydrogen) atoms. The molecule has 7 heteroatoms. The highest BCUT2D eigenvalue weighted by Crippen LogP contribution is 2.32. The monoisotopic (exact) mass is 342 g/mol. The number of benzene rings is 2. The van der Waals surface area contributed by atoms with Crippen molar-refractivity contribution in [3.63, 3.8) is 0 Å². The van der Waals surface area contributed by atoms with Gasteiger partial charge in [-0.3, -0.25) is 0 Å². The molecule has 0 saturated heterocycles. The molecule has 0 spiro atoms. The molecule has 0 amide bonds. The minimum absolute atomic E-state index is 0.111. The van der Waals surface area contributed by atoms with Crippen LogP contribution in [-0.2, 0) is 4.79 Å². The van der Waals surface area contributed by atoms with Crippen molar-refractivity contribution in [2.45, 2.75) is 6.36 Å². The molecule has 120 valence electrons. The summed E-state index contributed by atoms with van der Waals surface area (Å²) in [6, 6.07) is 9.61. The van der Waals surface area contributed by atoms with Crippen LogP contribution in [0, 0.1) is 0 Å². The number of hydrogen-bond donors (Lipinski definition) is 1. The van der Waals surface area contributed by atoms with Gasteiger partial charge in [-0.2, -0.15) is 0 Å². The van der Waals surface area contributed by atoms with Crippen molar-refractivity contribution in [3.05, 3.63) is 59.6 Å². The van der Waals surface area contributed by atoms with Crippen LogP contribution in [0.1, 0.15) is 5.56 Å². The average molecular weight is 343 g/mol. The highest BCUT2D eigenvalue weighted by molar-refractivity contribution is 6.33. The summed E-state index contributed by atoms with van der Waals surface area (Å²) in [5.41, 5.74) is 1.24. The first kappa shape index (κ1) is 16.9. The Morgan fingerprint density at radius 3 is 2.26 bits per heavy atom. The van der Waals surface area contributed by atoms with Crippen LogP contribution in [0.5, 0.6) is 5.75 Å². The molecule has 0 saturated carbocycles. The normalized spacial score (nSPS) is 11.1. The van der Waals surface area contributed by atoms with Crippen molar-refractivity contribution in [1.82, 2.24) is 0 Å². The van der Waals surface area contributed by atoms with E-state index in [9.17, 15) is 18.0 Å². The van der Waals surface area contributed by atoms with Gasteiger partial charge >= 0.3 is 12.3 Å². The first-order chi connectivity index (χ1) is 10.7. The first-order valence-electron chi connectivity index (χ1n) is 6.25. The van der Waals surface area contributed by atoms with E-state index in [1.54, 1.807) is 0 Å². The van der Waals surface area contributed by atoms with Crippen molar-refractivity contribution >= 4 is 23.1 Å². The average Bonchev–Trinajstić information content (AvgIpc) is 2.46. The van der Waals surface area contributed by atoms with Gasteiger partial charge in [0.2, 0.25) is 0 Å². The van der Waals surface area contributed by atoms with Crippen molar-refractivity contribution < 1.29 is 27.8 Å². The van der Waals surface area contributed by atoms with E-state index in [2.05, 4.69) is 11.3 Å². The maximum atomic E-state index is 12.1. The molecule has 0 aliphatic rings. The lowest BCUT2D eigenvalue weighted by atomic mass is 9.99. The van der Waals surface area contributed by atoms with Gasteiger partial charge in [0, 0.05) is 10.6 Å². The van der Waals surface area contributed by atoms with Gasteiger partial charge in [0.25, 0.3) is 0 Å². The van der Waals surface area contributed by atoms with E-state index in [-0.39, 0.29) is 11.3 Å². The summed E-state index contributed by atoms with van der Waals surface area (Å²) in [6.07, 6.45) is -4.77. The predicted molar refractivity (Wildman–Crippen MR) is 80.2 cm³/mol. The van der Waals surface area contributed by atoms with Crippen LogP contribution in [-0.4, -0.2) is 17.4 Å². The summed E-state index contributed by atoms with van der Waals surface area (Å²) in [7, 11) is 0. The Hall–Kier alpha value is -2.47. The Labute approximate surface area is 134 Å². The van der Waals surface area contributed by atoms with Crippen molar-refractivity contribution in [3.8, 4) is 16.9 Å². The van der Waals surface area contributed by atoms with Crippen LogP contribution in [0.15, 0.2) is 49.0 Å². The second-order valence-corrected chi connectivity index (χ2v) is 4.96. The molecule has 0 fully saturated rings. The van der Waals surface area contributed by atoms with Gasteiger partial charge in [-0.1, -0.05) is 36.4 Å². The van der Waals surface area contributed by atoms with E-state index >= 15 is 0 Å². The van der Waals surface area contributed by atoms with E-state index in [4.69, 9.17) is 16.7 Å². The fraction of sp³-hybridized carbons (Fsp3) is 0.0625. The SMILES string of the molecule is C=C(C(=O)O)c1ccc(Cl)c(-c2ccc(OC(F)(F)F)cc2)c1. The van der Waals surface area contributed by atoms with Crippen molar-refractivity contribution in [1.29, 1.82) is 0 Å². The van der Waals surface area contributed by atoms with E-state index < -0.39 is 12.3 Å². The zero-order chi connectivity index (χ0) is 17.2. The molecule has 0 atom stereocenters. The van der Waals surface area contributed by atoms with Gasteiger partial charge in [0.1, 0.15) is 5.75 Å². The minimum Gasteiger partial charge on any atom is -0.478 e. The summed E-state index contributed by atoms with van der Waals surface area (Å²) >= 11 is 6.07. The smallest absolute Gasteiger partial charge is 0.478 e. The Morgan fingerprint density at radius 1 is 1.13 bits per heavy atom. The molecule has 1 N–H and O–H groups in total. The zero-order valence-electron chi connectivity index (χ0n) is 11.5. The molecule has 0 bridgehead atoms. The maximum absolute atomic E-state index is 12.1. The molecule has 0 aromatic heterocycles. The lowest BCUT2D eigenvalue weighted by molar-refractivity contribution is -0.274. The van der Waals surface area contributed by atoms with Gasteiger partial charge < -0.3 is 9.84 Å². The van der Waals surface area contributed by atoms with Crippen LogP contribution in [0.4, 0.5) is 13.2 Å². The van der Waals surface area contributed by atoms with Gasteiger partial charge in [0.05, 0.1) is 5.57 Å². The number of aliphatic carboxylic acids is 1. The largest absolute Gasteiger partial charge is 0.573 e. The fourth-order valence-electron chi connectivity index (χ4n) is 1.89. The number of carboxylic acids is 1. The van der Waals surface area contributed by atoms with Gasteiger partial charge in [-0.15, -0.1) is 13.2 Å². The number of carboxylic acid groups (broad SMARTS) is 1. The number of carbonyl (C=O) groups is 1. The van der Waals surface area contributed by atoms with E-state index in [1.807, 2.05) is 0 Å². The predicted octanol–water partition coefficient (Wildman–Crippen LogP) is 5.00. The van der Waals surface area contributed by atoms with Gasteiger partial charge in [-0.05, 0) is 35.4 Å². The quantitative estimate of drug-likeness (QED) is 0.795. The zero-order valence-corrected chi connectivity index (χ0v) is 12.3. The third kappa shape index (κ3) is 4.26. The van der Waals surface area contributed by atoms with E-state index in [0.29, 0.717) is 21.7 Å². The number of ether oxygens (including phenoxy) is 1. The molecule has 0 heterocycles. The Morgan fingerprint density at radius 2 is 1.74 bits per heavy atom. The van der Waals surface area contributed by atoms with Crippen LogP contribution in [0.3, 0.4) is 0 Å². The highest BCUT2D eigenvalue weighted by atomic mass is 35.5. The summed E-state index contributed by atoms with van der Waals surface area (Å²) in [4.78, 5) is 11.0. The third-order valence-electron chi connectivity index (χ3n) is 2.97. The van der Waals surface area contributed by atoms with Gasteiger partial charge in [0.15, 0.2) is 0 Å². The van der Waals surface area contributed by atoms with Crippen molar-refractivity contribution in [2.24, 2.45) is 0 Å². The lowest BCUT2D eigenvalue weighted by Crippen LogP contribution is -2.16. The van der Waals surface area contributed by atoms with Crippen LogP contribution in [0.25, 0.3) is 16.7 Å². The second kappa shape index (κ2) is 6.34. The molecule has 3 nitrogen and oxygen atoms in total. The summed E-state index contributed by atoms with van der Waals surface area (Å²) in [5, 5.41) is 9.29. The molecular formula is C16H10ClF3O3. The highest BCUT2D eigenvalue weighted by Gasteiger charge is 2.31. The van der Waals surface area contributed by atoms with E-state index in [0.717, 1.165) is 12.1 Å². The molecule has 2 rings (SSSR count). The fourth-order valence-corrected chi connectivity index (χ4v) is 2.12. The summed E-state index contributed by atoms with van der Waals surface area (Å²) < 4.78 is 40.2. The third-order valence-corrected chi connectivity index (χ3v) is 3.30. The number of rotatable bonds is 4. The molecule has 0 radical (unpaired) electrons. The lowest BCUT2D eigenvalue weighted by Gasteiger charge is -2.11.